The van der Waals surface area contributed by atoms with Gasteiger partial charge in [-0.15, -0.1) is 10.2 Å². The normalized spacial score (nSPS) is 17.9. The van der Waals surface area contributed by atoms with Gasteiger partial charge in [-0.3, -0.25) is 9.59 Å². The van der Waals surface area contributed by atoms with Crippen molar-refractivity contribution in [3.8, 4) is 11.5 Å². The van der Waals surface area contributed by atoms with E-state index in [0.717, 1.165) is 38.0 Å². The highest BCUT2D eigenvalue weighted by Crippen LogP contribution is 2.29. The van der Waals surface area contributed by atoms with Crippen molar-refractivity contribution in [3.63, 3.8) is 0 Å². The molecule has 1 saturated carbocycles. The summed E-state index contributed by atoms with van der Waals surface area (Å²) in [4.78, 5) is 26.9. The second-order valence-corrected chi connectivity index (χ2v) is 9.20. The highest BCUT2D eigenvalue weighted by molar-refractivity contribution is 7.99. The van der Waals surface area contributed by atoms with Crippen LogP contribution in [0.3, 0.4) is 0 Å². The molecule has 1 aromatic carbocycles. The molecular formula is C23H29N5O4S. The minimum absolute atomic E-state index is 0.00570. The van der Waals surface area contributed by atoms with Gasteiger partial charge in [0.05, 0.1) is 31.6 Å². The number of carbonyl (C=O) groups excluding carboxylic acids is 2. The second-order valence-electron chi connectivity index (χ2n) is 8.20. The molecule has 4 rings (SSSR count). The van der Waals surface area contributed by atoms with Crippen LogP contribution in [0.1, 0.15) is 25.7 Å². The van der Waals surface area contributed by atoms with Gasteiger partial charge in [0, 0.05) is 25.2 Å². The minimum atomic E-state index is -0.171. The third kappa shape index (κ3) is 6.28. The van der Waals surface area contributed by atoms with Crippen molar-refractivity contribution in [2.45, 2.75) is 36.8 Å². The molecule has 1 aliphatic heterocycles. The molecule has 1 aliphatic carbocycles. The number of hydrogen-bond acceptors (Lipinski definition) is 8. The highest BCUT2D eigenvalue weighted by Gasteiger charge is 2.31. The van der Waals surface area contributed by atoms with Crippen LogP contribution < -0.4 is 25.0 Å². The summed E-state index contributed by atoms with van der Waals surface area (Å²) < 4.78 is 10.5. The Morgan fingerprint density at radius 3 is 2.67 bits per heavy atom. The maximum absolute atomic E-state index is 12.4. The van der Waals surface area contributed by atoms with Crippen molar-refractivity contribution in [1.82, 2.24) is 15.5 Å². The molecule has 1 saturated heterocycles. The van der Waals surface area contributed by atoms with Crippen molar-refractivity contribution in [2.75, 3.05) is 43.3 Å². The van der Waals surface area contributed by atoms with Crippen LogP contribution in [0.2, 0.25) is 0 Å². The Morgan fingerprint density at radius 2 is 1.97 bits per heavy atom. The molecule has 9 nitrogen and oxygen atoms in total. The number of ether oxygens (including phenoxy) is 2. The van der Waals surface area contributed by atoms with Gasteiger partial charge in [-0.1, -0.05) is 11.8 Å². The number of methoxy groups -OCH3 is 2. The Balaban J connectivity index is 1.28. The quantitative estimate of drug-likeness (QED) is 0.538. The second kappa shape index (κ2) is 10.7. The van der Waals surface area contributed by atoms with Crippen molar-refractivity contribution < 1.29 is 19.1 Å². The zero-order valence-electron chi connectivity index (χ0n) is 18.9. The van der Waals surface area contributed by atoms with E-state index < -0.39 is 0 Å². The maximum atomic E-state index is 12.4. The van der Waals surface area contributed by atoms with Gasteiger partial charge in [0.2, 0.25) is 11.8 Å². The molecule has 176 valence electrons. The summed E-state index contributed by atoms with van der Waals surface area (Å²) in [6.07, 6.45) is 4.05. The van der Waals surface area contributed by atoms with Gasteiger partial charge in [-0.25, -0.2) is 0 Å². The van der Waals surface area contributed by atoms with E-state index in [-0.39, 0.29) is 23.5 Å². The molecular weight excluding hydrogens is 442 g/mol. The van der Waals surface area contributed by atoms with Crippen LogP contribution >= 0.6 is 11.8 Å². The first-order chi connectivity index (χ1) is 16.1. The molecule has 10 heteroatoms. The first kappa shape index (κ1) is 23.2. The monoisotopic (exact) mass is 471 g/mol. The molecule has 2 heterocycles. The number of carbonyl (C=O) groups is 2. The molecule has 2 N–H and O–H groups in total. The van der Waals surface area contributed by atoms with Crippen molar-refractivity contribution in [1.29, 1.82) is 0 Å². The zero-order valence-corrected chi connectivity index (χ0v) is 19.7. The molecule has 2 fully saturated rings. The summed E-state index contributed by atoms with van der Waals surface area (Å²) >= 11 is 1.31. The lowest BCUT2D eigenvalue weighted by Crippen LogP contribution is -2.44. The average Bonchev–Trinajstić information content (AvgIpc) is 3.67. The molecule has 0 radical (unpaired) electrons. The van der Waals surface area contributed by atoms with Gasteiger partial charge in [0.1, 0.15) is 16.5 Å². The van der Waals surface area contributed by atoms with Crippen LogP contribution in [0.5, 0.6) is 11.5 Å². The van der Waals surface area contributed by atoms with Crippen LogP contribution in [-0.4, -0.2) is 61.1 Å². The van der Waals surface area contributed by atoms with Crippen LogP contribution in [0.25, 0.3) is 0 Å². The molecule has 2 amide bonds. The summed E-state index contributed by atoms with van der Waals surface area (Å²) in [6.45, 7) is 1.52. The molecule has 0 spiro atoms. The Hall–Kier alpha value is -3.01. The van der Waals surface area contributed by atoms with Gasteiger partial charge in [-0.2, -0.15) is 0 Å². The van der Waals surface area contributed by atoms with Gasteiger partial charge in [0.25, 0.3) is 0 Å². The lowest BCUT2D eigenvalue weighted by Gasteiger charge is -2.32. The number of anilines is 2. The first-order valence-corrected chi connectivity index (χ1v) is 12.1. The number of aromatic nitrogens is 2. The highest BCUT2D eigenvalue weighted by atomic mass is 32.2. The van der Waals surface area contributed by atoms with Gasteiger partial charge in [-0.05, 0) is 49.9 Å². The van der Waals surface area contributed by atoms with Gasteiger partial charge in [0.15, 0.2) is 5.82 Å². The van der Waals surface area contributed by atoms with E-state index in [2.05, 4.69) is 25.7 Å². The zero-order chi connectivity index (χ0) is 23.2. The van der Waals surface area contributed by atoms with Crippen molar-refractivity contribution in [2.24, 2.45) is 5.92 Å². The number of thioether (sulfide) groups is 1. The largest absolute Gasteiger partial charge is 0.497 e. The number of amides is 2. The van der Waals surface area contributed by atoms with E-state index in [9.17, 15) is 9.59 Å². The fraction of sp³-hybridized carbons (Fsp3) is 0.478. The molecule has 0 bridgehead atoms. The molecule has 0 unspecified atom stereocenters. The lowest BCUT2D eigenvalue weighted by atomic mass is 9.97. The fourth-order valence-electron chi connectivity index (χ4n) is 3.73. The fourth-order valence-corrected chi connectivity index (χ4v) is 4.35. The summed E-state index contributed by atoms with van der Waals surface area (Å²) in [6, 6.07) is 9.37. The SMILES string of the molecule is COc1ccc(NC(=O)CSc2ccc(N3CCC[C@@H](C(=O)NC4CC4)C3)nn2)c(OC)c1. The van der Waals surface area contributed by atoms with Gasteiger partial charge >= 0.3 is 0 Å². The van der Waals surface area contributed by atoms with Crippen LogP contribution in [0.4, 0.5) is 11.5 Å². The maximum Gasteiger partial charge on any atom is 0.234 e. The Kier molecular flexibility index (Phi) is 7.54. The molecule has 2 aromatic rings. The predicted octanol–water partition coefficient (Wildman–Crippen LogP) is 2.72. The summed E-state index contributed by atoms with van der Waals surface area (Å²) in [5.41, 5.74) is 0.579. The number of rotatable bonds is 9. The Bertz CT molecular complexity index is 983. The van der Waals surface area contributed by atoms with E-state index in [1.807, 2.05) is 12.1 Å². The predicted molar refractivity (Wildman–Crippen MR) is 127 cm³/mol. The minimum Gasteiger partial charge on any atom is -0.497 e. The smallest absolute Gasteiger partial charge is 0.234 e. The number of nitrogens with one attached hydrogen (secondary N) is 2. The van der Waals surface area contributed by atoms with Crippen molar-refractivity contribution in [3.05, 3.63) is 30.3 Å². The number of nitrogens with zero attached hydrogens (tertiary/aromatic N) is 3. The Morgan fingerprint density at radius 1 is 1.12 bits per heavy atom. The third-order valence-corrected chi connectivity index (χ3v) is 6.62. The number of benzene rings is 1. The van der Waals surface area contributed by atoms with E-state index >= 15 is 0 Å². The van der Waals surface area contributed by atoms with Crippen LogP contribution in [-0.2, 0) is 9.59 Å². The average molecular weight is 472 g/mol. The summed E-state index contributed by atoms with van der Waals surface area (Å²) in [7, 11) is 3.12. The number of hydrogen-bond donors (Lipinski definition) is 2. The summed E-state index contributed by atoms with van der Waals surface area (Å²) in [5, 5.41) is 15.2. The Labute approximate surface area is 197 Å². The molecule has 1 atom stereocenters. The van der Waals surface area contributed by atoms with Crippen LogP contribution in [0.15, 0.2) is 35.4 Å². The molecule has 1 aromatic heterocycles. The van der Waals surface area contributed by atoms with Gasteiger partial charge < -0.3 is 25.0 Å². The van der Waals surface area contributed by atoms with E-state index in [1.54, 1.807) is 32.4 Å². The van der Waals surface area contributed by atoms with E-state index in [0.29, 0.717) is 34.8 Å². The molecule has 33 heavy (non-hydrogen) atoms. The van der Waals surface area contributed by atoms with Crippen molar-refractivity contribution >= 4 is 35.1 Å². The molecule has 2 aliphatic rings. The third-order valence-electron chi connectivity index (χ3n) is 5.70. The van der Waals surface area contributed by atoms with Crippen LogP contribution in [0, 0.1) is 5.92 Å². The standard InChI is InChI=1S/C23H29N5O4S/c1-31-17-7-8-18(19(12-17)32-2)25-21(29)14-33-22-10-9-20(26-27-22)28-11-3-4-15(13-28)23(30)24-16-5-6-16/h7-10,12,15-16H,3-6,11,13-14H2,1-2H3,(H,24,30)(H,25,29)/t15-/m1/s1. The topological polar surface area (TPSA) is 106 Å². The van der Waals surface area contributed by atoms with E-state index in [1.165, 1.54) is 11.8 Å². The summed E-state index contributed by atoms with van der Waals surface area (Å²) in [5.74, 6) is 2.11. The number of piperidine rings is 1. The lowest BCUT2D eigenvalue weighted by molar-refractivity contribution is -0.125. The van der Waals surface area contributed by atoms with E-state index in [4.69, 9.17) is 9.47 Å². The first-order valence-electron chi connectivity index (χ1n) is 11.1.